The normalized spacial score (nSPS) is 23.2. The van der Waals surface area contributed by atoms with Crippen LogP contribution < -0.4 is 34.7 Å². The summed E-state index contributed by atoms with van der Waals surface area (Å²) < 4.78 is 5.11. The van der Waals surface area contributed by atoms with Gasteiger partial charge < -0.3 is 14.3 Å². The van der Waals surface area contributed by atoms with Crippen LogP contribution in [0.3, 0.4) is 0 Å². The number of hydrogen-bond donors (Lipinski definition) is 0. The van der Waals surface area contributed by atoms with Crippen LogP contribution in [0.15, 0.2) is 39.5 Å². The zero-order valence-electron chi connectivity index (χ0n) is 9.45. The van der Waals surface area contributed by atoms with Gasteiger partial charge in [-0.3, -0.25) is 9.69 Å². The summed E-state index contributed by atoms with van der Waals surface area (Å²) in [6, 6.07) is 3.45. The van der Waals surface area contributed by atoms with E-state index in [2.05, 4.69) is 0 Å². The molecular formula is C11H6NNaO4S. The molecule has 0 saturated carbocycles. The van der Waals surface area contributed by atoms with Crippen LogP contribution in [0.4, 0.5) is 0 Å². The van der Waals surface area contributed by atoms with Gasteiger partial charge >= 0.3 is 29.6 Å². The molecule has 0 spiro atoms. The Labute approximate surface area is 129 Å². The Morgan fingerprint density at radius 2 is 2.33 bits per heavy atom. The van der Waals surface area contributed by atoms with Crippen LogP contribution in [-0.4, -0.2) is 22.2 Å². The number of β-lactam (4-membered cyclic amide) rings is 1. The number of fused-ring (bicyclic) bond motifs is 1. The molecule has 0 bridgehead atoms. The molecule has 1 saturated heterocycles. The van der Waals surface area contributed by atoms with Crippen molar-refractivity contribution in [1.82, 2.24) is 4.90 Å². The first-order chi connectivity index (χ1) is 8.18. The minimum absolute atomic E-state index is 0. The Kier molecular flexibility index (Phi) is 3.72. The van der Waals surface area contributed by atoms with Crippen molar-refractivity contribution < 1.29 is 48.7 Å². The number of rotatable bonds is 2. The first-order valence-electron chi connectivity index (χ1n) is 4.84. The molecule has 0 N–H and O–H groups in total. The Bertz CT molecular complexity index is 564. The van der Waals surface area contributed by atoms with E-state index in [4.69, 9.17) is 4.42 Å². The maximum atomic E-state index is 11.8. The monoisotopic (exact) mass is 271 g/mol. The maximum absolute atomic E-state index is 11.8. The average molecular weight is 271 g/mol. The van der Waals surface area contributed by atoms with Crippen molar-refractivity contribution >= 4 is 29.7 Å². The molecule has 1 amide bonds. The van der Waals surface area contributed by atoms with Crippen molar-refractivity contribution in [2.24, 2.45) is 0 Å². The summed E-state index contributed by atoms with van der Waals surface area (Å²) in [6.07, 6.45) is 3.14. The van der Waals surface area contributed by atoms with Gasteiger partial charge in [0.05, 0.1) is 23.5 Å². The van der Waals surface area contributed by atoms with Crippen LogP contribution in [0.2, 0.25) is 0 Å². The van der Waals surface area contributed by atoms with Crippen LogP contribution in [0.1, 0.15) is 5.76 Å². The topological polar surface area (TPSA) is 73.6 Å². The van der Waals surface area contributed by atoms with Crippen molar-refractivity contribution in [3.63, 3.8) is 0 Å². The molecule has 0 aromatic carbocycles. The summed E-state index contributed by atoms with van der Waals surface area (Å²) in [5.74, 6) is -1.06. The molecule has 18 heavy (non-hydrogen) atoms. The largest absolute Gasteiger partial charge is 1.00 e. The number of hydrogen-bond acceptors (Lipinski definition) is 5. The van der Waals surface area contributed by atoms with Crippen LogP contribution >= 0.6 is 11.8 Å². The van der Waals surface area contributed by atoms with Gasteiger partial charge in [0, 0.05) is 0 Å². The average Bonchev–Trinajstić information content (AvgIpc) is 2.93. The van der Waals surface area contributed by atoms with E-state index in [1.165, 1.54) is 28.3 Å². The predicted octanol–water partition coefficient (Wildman–Crippen LogP) is -2.83. The number of amides is 1. The fraction of sp³-hybridized carbons (Fsp3) is 0.0909. The molecule has 1 aromatic heterocycles. The van der Waals surface area contributed by atoms with Crippen molar-refractivity contribution in [2.75, 3.05) is 0 Å². The summed E-state index contributed by atoms with van der Waals surface area (Å²) in [4.78, 5) is 23.7. The van der Waals surface area contributed by atoms with E-state index in [1.807, 2.05) is 0 Å². The van der Waals surface area contributed by atoms with Gasteiger partial charge in [-0.25, -0.2) is 0 Å². The molecule has 1 fully saturated rings. The summed E-state index contributed by atoms with van der Waals surface area (Å²) >= 11 is 1.27. The van der Waals surface area contributed by atoms with Gasteiger partial charge in [-0.05, 0) is 23.6 Å². The van der Waals surface area contributed by atoms with Gasteiger partial charge in [-0.2, -0.15) is 0 Å². The molecule has 0 radical (unpaired) electrons. The number of thioether (sulfide) groups is 1. The van der Waals surface area contributed by atoms with Crippen molar-refractivity contribution in [3.8, 4) is 0 Å². The number of carbonyl (C=O) groups excluding carboxylic acids is 2. The standard InChI is InChI=1S/C11H7NO4S.Na/c13-9-7(4-6-2-1-3-16-6)10-12(9)8(5-17-10)11(14)15;/h1-5,10H,(H,14,15);/q;+1/p-1/b7-4-;/t10-;/m1./s1. The molecule has 0 aliphatic carbocycles. The fourth-order valence-electron chi connectivity index (χ4n) is 1.79. The van der Waals surface area contributed by atoms with Crippen molar-refractivity contribution in [2.45, 2.75) is 5.37 Å². The third-order valence-electron chi connectivity index (χ3n) is 2.58. The van der Waals surface area contributed by atoms with Crippen molar-refractivity contribution in [3.05, 3.63) is 40.8 Å². The molecule has 3 rings (SSSR count). The molecule has 2 aliphatic rings. The molecule has 3 heterocycles. The van der Waals surface area contributed by atoms with Crippen LogP contribution in [0.25, 0.3) is 6.08 Å². The smallest absolute Gasteiger partial charge is 0.543 e. The molecule has 1 atom stereocenters. The third kappa shape index (κ3) is 1.95. The quantitative estimate of drug-likeness (QED) is 0.329. The first-order valence-corrected chi connectivity index (χ1v) is 5.78. The molecule has 7 heteroatoms. The number of nitrogens with zero attached hydrogens (tertiary/aromatic N) is 1. The second-order valence-electron chi connectivity index (χ2n) is 3.57. The van der Waals surface area contributed by atoms with Crippen LogP contribution in [-0.2, 0) is 9.59 Å². The number of carboxylic acids is 1. The number of carbonyl (C=O) groups is 2. The molecule has 86 valence electrons. The van der Waals surface area contributed by atoms with Gasteiger partial charge in [0.25, 0.3) is 5.91 Å². The van der Waals surface area contributed by atoms with E-state index < -0.39 is 5.97 Å². The van der Waals surface area contributed by atoms with Gasteiger partial charge in [0.1, 0.15) is 11.1 Å². The molecule has 2 aliphatic heterocycles. The second-order valence-corrected chi connectivity index (χ2v) is 4.52. The van der Waals surface area contributed by atoms with Gasteiger partial charge in [-0.1, -0.05) is 0 Å². The SMILES string of the molecule is O=C([O-])C1=CS[C@@H]2/C(=C\c3ccco3)C(=O)N12.[Na+]. The molecule has 1 aromatic rings. The van der Waals surface area contributed by atoms with E-state index in [0.29, 0.717) is 11.3 Å². The third-order valence-corrected chi connectivity index (χ3v) is 3.67. The zero-order chi connectivity index (χ0) is 12.0. The fourth-order valence-corrected chi connectivity index (χ4v) is 2.90. The summed E-state index contributed by atoms with van der Waals surface area (Å²) in [5, 5.41) is 11.9. The Balaban J connectivity index is 0.00000120. The zero-order valence-corrected chi connectivity index (χ0v) is 12.3. The second kappa shape index (κ2) is 4.97. The predicted molar refractivity (Wildman–Crippen MR) is 58.0 cm³/mol. The summed E-state index contributed by atoms with van der Waals surface area (Å²) in [5.41, 5.74) is 0.471. The number of carboxylic acid groups (broad SMARTS) is 1. The molecular weight excluding hydrogens is 265 g/mol. The number of aliphatic carboxylic acids is 1. The Morgan fingerprint density at radius 1 is 1.56 bits per heavy atom. The van der Waals surface area contributed by atoms with Gasteiger partial charge in [0.2, 0.25) is 0 Å². The van der Waals surface area contributed by atoms with E-state index >= 15 is 0 Å². The Hall–Kier alpha value is -0.950. The maximum Gasteiger partial charge on any atom is 1.00 e. The van der Waals surface area contributed by atoms with Crippen LogP contribution in [0, 0.1) is 0 Å². The van der Waals surface area contributed by atoms with Crippen molar-refractivity contribution in [1.29, 1.82) is 0 Å². The molecule has 0 unspecified atom stereocenters. The Morgan fingerprint density at radius 3 is 2.94 bits per heavy atom. The van der Waals surface area contributed by atoms with Gasteiger partial charge in [-0.15, -0.1) is 11.8 Å². The van der Waals surface area contributed by atoms with E-state index in [-0.39, 0.29) is 46.5 Å². The van der Waals surface area contributed by atoms with Gasteiger partial charge in [0.15, 0.2) is 0 Å². The van der Waals surface area contributed by atoms with E-state index in [0.717, 1.165) is 0 Å². The van der Waals surface area contributed by atoms with Crippen LogP contribution in [0.5, 0.6) is 0 Å². The number of furan rings is 1. The molecule has 5 nitrogen and oxygen atoms in total. The summed E-state index contributed by atoms with van der Waals surface area (Å²) in [6.45, 7) is 0. The van der Waals surface area contributed by atoms with E-state index in [1.54, 1.807) is 18.2 Å². The first kappa shape index (κ1) is 13.5. The minimum atomic E-state index is -1.33. The summed E-state index contributed by atoms with van der Waals surface area (Å²) in [7, 11) is 0. The minimum Gasteiger partial charge on any atom is -0.543 e. The van der Waals surface area contributed by atoms with E-state index in [9.17, 15) is 14.7 Å².